The highest BCUT2D eigenvalue weighted by Crippen LogP contribution is 2.38. The molecule has 6 aromatic rings. The Kier molecular flexibility index (Phi) is 4.92. The first-order valence-electron chi connectivity index (χ1n) is 11.1. The molecule has 1 atom stereocenters. The molecule has 0 fully saturated rings. The summed E-state index contributed by atoms with van der Waals surface area (Å²) in [5.74, 6) is 0.657. The maximum absolute atomic E-state index is 13.0. The van der Waals surface area contributed by atoms with Crippen molar-refractivity contribution >= 4 is 27.6 Å². The molecule has 10 nitrogen and oxygen atoms in total. The summed E-state index contributed by atoms with van der Waals surface area (Å²) in [6.07, 6.45) is 4.24. The third kappa shape index (κ3) is 3.35. The number of nitrogens with two attached hydrogens (primary N) is 1. The topological polar surface area (TPSA) is 146 Å². The third-order valence-corrected chi connectivity index (χ3v) is 6.10. The van der Waals surface area contributed by atoms with Gasteiger partial charge in [0, 0.05) is 28.9 Å². The van der Waals surface area contributed by atoms with Crippen LogP contribution in [0.4, 0.5) is 5.82 Å². The summed E-state index contributed by atoms with van der Waals surface area (Å²) in [4.78, 5) is 29.3. The summed E-state index contributed by atoms with van der Waals surface area (Å²) in [5, 5.41) is 16.1. The van der Waals surface area contributed by atoms with Crippen LogP contribution in [0, 0.1) is 0 Å². The van der Waals surface area contributed by atoms with E-state index in [9.17, 15) is 9.90 Å². The molecule has 0 aliphatic heterocycles. The van der Waals surface area contributed by atoms with Crippen molar-refractivity contribution in [1.29, 1.82) is 0 Å². The van der Waals surface area contributed by atoms with Gasteiger partial charge in [-0.05, 0) is 18.6 Å². The molecule has 0 saturated heterocycles. The number of benzene rings is 2. The highest BCUT2D eigenvalue weighted by molar-refractivity contribution is 5.99. The van der Waals surface area contributed by atoms with Crippen LogP contribution < -0.4 is 11.4 Å². The SMILES string of the molecule is CC(c1oc(=O)c2ccccc2c1-c1ccccc1)n1nc(-c2cnc(O)nc2)c2c(N)ncnc21. The van der Waals surface area contributed by atoms with Crippen molar-refractivity contribution < 1.29 is 9.52 Å². The van der Waals surface area contributed by atoms with Crippen LogP contribution in [0.2, 0.25) is 0 Å². The Balaban J connectivity index is 1.64. The maximum Gasteiger partial charge on any atom is 0.343 e. The number of hydrogen-bond donors (Lipinski definition) is 2. The van der Waals surface area contributed by atoms with Gasteiger partial charge in [0.25, 0.3) is 0 Å². The second-order valence-electron chi connectivity index (χ2n) is 8.24. The van der Waals surface area contributed by atoms with E-state index in [1.54, 1.807) is 10.7 Å². The van der Waals surface area contributed by atoms with Gasteiger partial charge in [-0.2, -0.15) is 5.10 Å². The van der Waals surface area contributed by atoms with Crippen LogP contribution in [-0.4, -0.2) is 34.8 Å². The van der Waals surface area contributed by atoms with Crippen LogP contribution in [0.15, 0.2) is 82.5 Å². The molecule has 0 saturated carbocycles. The van der Waals surface area contributed by atoms with Crippen LogP contribution in [-0.2, 0) is 0 Å². The minimum Gasteiger partial charge on any atom is -0.479 e. The maximum atomic E-state index is 13.0. The highest BCUT2D eigenvalue weighted by atomic mass is 16.4. The lowest BCUT2D eigenvalue weighted by molar-refractivity contribution is 0.405. The molecule has 4 heterocycles. The molecule has 1 unspecified atom stereocenters. The van der Waals surface area contributed by atoms with Gasteiger partial charge in [0.05, 0.1) is 10.8 Å². The number of aromatic nitrogens is 6. The predicted octanol–water partition coefficient (Wildman–Crippen LogP) is 3.95. The molecule has 0 amide bonds. The summed E-state index contributed by atoms with van der Waals surface area (Å²) < 4.78 is 7.60. The van der Waals surface area contributed by atoms with Crippen LogP contribution >= 0.6 is 0 Å². The molecule has 0 aliphatic carbocycles. The predicted molar refractivity (Wildman–Crippen MR) is 134 cm³/mol. The molecular weight excluding hydrogens is 458 g/mol. The Morgan fingerprint density at radius 1 is 0.917 bits per heavy atom. The smallest absolute Gasteiger partial charge is 0.343 e. The number of nitrogen functional groups attached to an aromatic ring is 1. The van der Waals surface area contributed by atoms with Gasteiger partial charge in [-0.3, -0.25) is 0 Å². The number of fused-ring (bicyclic) bond motifs is 2. The normalized spacial score (nSPS) is 12.2. The molecule has 3 N–H and O–H groups in total. The van der Waals surface area contributed by atoms with E-state index in [0.717, 1.165) is 16.5 Å². The molecular formula is C26H19N7O3. The quantitative estimate of drug-likeness (QED) is 0.385. The molecule has 0 spiro atoms. The summed E-state index contributed by atoms with van der Waals surface area (Å²) >= 11 is 0. The van der Waals surface area contributed by atoms with Crippen LogP contribution in [0.3, 0.4) is 0 Å². The lowest BCUT2D eigenvalue weighted by atomic mass is 9.96. The van der Waals surface area contributed by atoms with Gasteiger partial charge in [0.2, 0.25) is 0 Å². The van der Waals surface area contributed by atoms with Gasteiger partial charge < -0.3 is 15.3 Å². The van der Waals surface area contributed by atoms with Crippen molar-refractivity contribution in [3.05, 3.63) is 89.5 Å². The zero-order valence-corrected chi connectivity index (χ0v) is 19.0. The number of anilines is 1. The van der Waals surface area contributed by atoms with Crippen molar-refractivity contribution in [3.8, 4) is 28.4 Å². The van der Waals surface area contributed by atoms with Crippen molar-refractivity contribution in [3.63, 3.8) is 0 Å². The van der Waals surface area contributed by atoms with Crippen molar-refractivity contribution in [2.24, 2.45) is 0 Å². The van der Waals surface area contributed by atoms with E-state index in [-0.39, 0.29) is 11.8 Å². The van der Waals surface area contributed by atoms with E-state index < -0.39 is 11.7 Å². The fourth-order valence-electron chi connectivity index (χ4n) is 4.44. The Hall–Kier alpha value is -5.12. The van der Waals surface area contributed by atoms with E-state index in [1.807, 2.05) is 55.5 Å². The third-order valence-electron chi connectivity index (χ3n) is 6.10. The summed E-state index contributed by atoms with van der Waals surface area (Å²) in [6, 6.07) is 16.2. The molecule has 0 radical (unpaired) electrons. The fourth-order valence-corrected chi connectivity index (χ4v) is 4.44. The molecule has 0 aliphatic rings. The lowest BCUT2D eigenvalue weighted by Gasteiger charge is -2.18. The zero-order chi connectivity index (χ0) is 24.8. The van der Waals surface area contributed by atoms with Gasteiger partial charge in [-0.25, -0.2) is 29.4 Å². The lowest BCUT2D eigenvalue weighted by Crippen LogP contribution is -2.14. The van der Waals surface area contributed by atoms with Gasteiger partial charge in [0.1, 0.15) is 29.6 Å². The van der Waals surface area contributed by atoms with E-state index in [1.165, 1.54) is 18.7 Å². The average Bonchev–Trinajstić information content (AvgIpc) is 3.30. The molecule has 0 bridgehead atoms. The first-order valence-corrected chi connectivity index (χ1v) is 11.1. The van der Waals surface area contributed by atoms with Crippen LogP contribution in [0.1, 0.15) is 18.7 Å². The fraction of sp³-hybridized carbons (Fsp3) is 0.0769. The molecule has 36 heavy (non-hydrogen) atoms. The highest BCUT2D eigenvalue weighted by Gasteiger charge is 2.26. The van der Waals surface area contributed by atoms with Gasteiger partial charge >= 0.3 is 11.6 Å². The van der Waals surface area contributed by atoms with Gasteiger partial charge in [-0.15, -0.1) is 0 Å². The molecule has 10 heteroatoms. The van der Waals surface area contributed by atoms with Crippen molar-refractivity contribution in [2.45, 2.75) is 13.0 Å². The van der Waals surface area contributed by atoms with Crippen LogP contribution in [0.25, 0.3) is 44.2 Å². The Morgan fingerprint density at radius 2 is 1.61 bits per heavy atom. The Labute approximate surface area is 203 Å². The van der Waals surface area contributed by atoms with E-state index >= 15 is 0 Å². The van der Waals surface area contributed by atoms with Crippen LogP contribution in [0.5, 0.6) is 6.01 Å². The standard InChI is InChI=1S/C26H19N7O3/c1-14(22-19(15-7-3-2-4-8-15)17-9-5-6-10-18(17)25(34)36-22)33-24-20(23(27)30-13-31-24)21(32-33)16-11-28-26(35)29-12-16/h2-14H,1H3,(H2,27,30,31)(H,28,29,35). The largest absolute Gasteiger partial charge is 0.479 e. The molecule has 4 aromatic heterocycles. The number of rotatable bonds is 4. The van der Waals surface area contributed by atoms with Gasteiger partial charge in [0.15, 0.2) is 5.65 Å². The first kappa shape index (κ1) is 21.4. The minimum atomic E-state index is -0.555. The van der Waals surface area contributed by atoms with Gasteiger partial charge in [-0.1, -0.05) is 48.5 Å². The minimum absolute atomic E-state index is 0.227. The summed E-state index contributed by atoms with van der Waals surface area (Å²) in [6.45, 7) is 1.88. The first-order chi connectivity index (χ1) is 17.5. The zero-order valence-electron chi connectivity index (χ0n) is 19.0. The molecule has 2 aromatic carbocycles. The number of aromatic hydroxyl groups is 1. The number of nitrogens with zero attached hydrogens (tertiary/aromatic N) is 6. The summed E-state index contributed by atoms with van der Waals surface area (Å²) in [7, 11) is 0. The average molecular weight is 477 g/mol. The second-order valence-corrected chi connectivity index (χ2v) is 8.24. The molecule has 176 valence electrons. The monoisotopic (exact) mass is 477 g/mol. The van der Waals surface area contributed by atoms with E-state index in [0.29, 0.717) is 33.4 Å². The Bertz CT molecular complexity index is 1800. The van der Waals surface area contributed by atoms with Crippen molar-refractivity contribution in [2.75, 3.05) is 5.73 Å². The molecule has 6 rings (SSSR count). The summed E-state index contributed by atoms with van der Waals surface area (Å²) in [5.41, 5.74) is 8.90. The van der Waals surface area contributed by atoms with E-state index in [2.05, 4.69) is 19.9 Å². The number of hydrogen-bond acceptors (Lipinski definition) is 9. The Morgan fingerprint density at radius 3 is 2.36 bits per heavy atom. The van der Waals surface area contributed by atoms with Crippen molar-refractivity contribution in [1.82, 2.24) is 29.7 Å². The second kappa shape index (κ2) is 8.27. The van der Waals surface area contributed by atoms with E-state index in [4.69, 9.17) is 15.2 Å².